The third-order valence-corrected chi connectivity index (χ3v) is 4.23. The normalized spacial score (nSPS) is 17.9. The molecule has 0 heterocycles. The summed E-state index contributed by atoms with van der Waals surface area (Å²) >= 11 is 5.88. The number of carbonyl (C=O) groups excluding carboxylic acids is 1. The van der Waals surface area contributed by atoms with E-state index in [-0.39, 0.29) is 11.6 Å². The molecule has 0 aliphatic heterocycles. The van der Waals surface area contributed by atoms with Crippen LogP contribution in [0.2, 0.25) is 5.02 Å². The number of carbonyl (C=O) groups is 1. The van der Waals surface area contributed by atoms with Crippen LogP contribution in [0.4, 0.5) is 14.9 Å². The molecule has 0 saturated heterocycles. The summed E-state index contributed by atoms with van der Waals surface area (Å²) in [5, 5.41) is 15.3. The van der Waals surface area contributed by atoms with Crippen LogP contribution in [0.1, 0.15) is 38.5 Å². The SMILES string of the molecule is O=C(Nc1ccc(F)cc1Cl)NC1(CO)CCCCCC1. The van der Waals surface area contributed by atoms with Gasteiger partial charge in [0, 0.05) is 0 Å². The molecule has 1 aliphatic rings. The largest absolute Gasteiger partial charge is 0.394 e. The van der Waals surface area contributed by atoms with E-state index in [1.165, 1.54) is 12.1 Å². The van der Waals surface area contributed by atoms with Gasteiger partial charge in [-0.1, -0.05) is 37.3 Å². The van der Waals surface area contributed by atoms with E-state index in [1.807, 2.05) is 0 Å². The molecule has 2 rings (SSSR count). The van der Waals surface area contributed by atoms with E-state index in [0.29, 0.717) is 5.69 Å². The second-order valence-corrected chi connectivity index (χ2v) is 5.96. The number of nitrogens with one attached hydrogen (secondary N) is 2. The number of rotatable bonds is 3. The fourth-order valence-electron chi connectivity index (χ4n) is 2.71. The van der Waals surface area contributed by atoms with Crippen LogP contribution >= 0.6 is 11.6 Å². The van der Waals surface area contributed by atoms with Gasteiger partial charge >= 0.3 is 6.03 Å². The minimum atomic E-state index is -0.576. The summed E-state index contributed by atoms with van der Waals surface area (Å²) < 4.78 is 13.0. The smallest absolute Gasteiger partial charge is 0.319 e. The van der Waals surface area contributed by atoms with Gasteiger partial charge in [-0.05, 0) is 31.0 Å². The van der Waals surface area contributed by atoms with Gasteiger partial charge in [-0.15, -0.1) is 0 Å². The third-order valence-electron chi connectivity index (χ3n) is 3.92. The Balaban J connectivity index is 2.02. The summed E-state index contributed by atoms with van der Waals surface area (Å²) in [6, 6.07) is 3.36. The van der Waals surface area contributed by atoms with E-state index in [9.17, 15) is 14.3 Å². The Morgan fingerprint density at radius 1 is 1.29 bits per heavy atom. The van der Waals surface area contributed by atoms with Crippen molar-refractivity contribution in [2.75, 3.05) is 11.9 Å². The van der Waals surface area contributed by atoms with E-state index in [0.717, 1.165) is 44.6 Å². The van der Waals surface area contributed by atoms with Gasteiger partial charge in [-0.2, -0.15) is 0 Å². The topological polar surface area (TPSA) is 61.4 Å². The molecule has 1 saturated carbocycles. The Morgan fingerprint density at radius 2 is 1.95 bits per heavy atom. The molecule has 1 aromatic rings. The van der Waals surface area contributed by atoms with Crippen molar-refractivity contribution in [2.24, 2.45) is 0 Å². The lowest BCUT2D eigenvalue weighted by atomic mass is 9.91. The Morgan fingerprint density at radius 3 is 2.52 bits per heavy atom. The highest BCUT2D eigenvalue weighted by Crippen LogP contribution is 2.27. The maximum Gasteiger partial charge on any atom is 0.319 e. The van der Waals surface area contributed by atoms with Crippen molar-refractivity contribution in [1.29, 1.82) is 0 Å². The highest BCUT2D eigenvalue weighted by Gasteiger charge is 2.31. The van der Waals surface area contributed by atoms with Crippen LogP contribution in [-0.4, -0.2) is 23.3 Å². The first-order chi connectivity index (χ1) is 10.0. The number of benzene rings is 1. The van der Waals surface area contributed by atoms with E-state index in [1.54, 1.807) is 0 Å². The molecule has 116 valence electrons. The number of aliphatic hydroxyl groups excluding tert-OH is 1. The second kappa shape index (κ2) is 7.09. The maximum atomic E-state index is 13.0. The van der Waals surface area contributed by atoms with Crippen LogP contribution in [0.5, 0.6) is 0 Å². The lowest BCUT2D eigenvalue weighted by Crippen LogP contribution is -2.52. The van der Waals surface area contributed by atoms with Crippen molar-refractivity contribution in [3.63, 3.8) is 0 Å². The van der Waals surface area contributed by atoms with Crippen molar-refractivity contribution in [3.8, 4) is 0 Å². The standard InChI is InChI=1S/C15H20ClFN2O2/c16-12-9-11(17)5-6-13(12)18-14(21)19-15(10-20)7-3-1-2-4-8-15/h5-6,9,20H,1-4,7-8,10H2,(H2,18,19,21). The van der Waals surface area contributed by atoms with E-state index in [2.05, 4.69) is 10.6 Å². The predicted molar refractivity (Wildman–Crippen MR) is 81.1 cm³/mol. The number of urea groups is 1. The Labute approximate surface area is 128 Å². The third kappa shape index (κ3) is 4.32. The molecule has 0 aromatic heterocycles. The zero-order valence-electron chi connectivity index (χ0n) is 11.8. The summed E-state index contributed by atoms with van der Waals surface area (Å²) in [5.41, 5.74) is -0.232. The quantitative estimate of drug-likeness (QED) is 0.745. The zero-order chi connectivity index (χ0) is 15.3. The molecule has 2 amide bonds. The van der Waals surface area contributed by atoms with Crippen LogP contribution in [-0.2, 0) is 0 Å². The highest BCUT2D eigenvalue weighted by molar-refractivity contribution is 6.33. The fourth-order valence-corrected chi connectivity index (χ4v) is 2.93. The van der Waals surface area contributed by atoms with Gasteiger partial charge in [-0.3, -0.25) is 0 Å². The molecule has 6 heteroatoms. The Kier molecular flexibility index (Phi) is 5.42. The Hall–Kier alpha value is -1.33. The summed E-state index contributed by atoms with van der Waals surface area (Å²) in [4.78, 5) is 12.1. The molecular weight excluding hydrogens is 295 g/mol. The zero-order valence-corrected chi connectivity index (χ0v) is 12.5. The first-order valence-corrected chi connectivity index (χ1v) is 7.57. The van der Waals surface area contributed by atoms with Crippen LogP contribution < -0.4 is 10.6 Å². The number of aliphatic hydroxyl groups is 1. The van der Waals surface area contributed by atoms with Crippen LogP contribution in [0.25, 0.3) is 0 Å². The summed E-state index contributed by atoms with van der Waals surface area (Å²) in [6.07, 6.45) is 5.72. The first-order valence-electron chi connectivity index (χ1n) is 7.20. The average Bonchev–Trinajstić information content (AvgIpc) is 2.68. The molecular formula is C15H20ClFN2O2. The summed E-state index contributed by atoms with van der Waals surface area (Å²) in [5.74, 6) is -0.457. The van der Waals surface area contributed by atoms with Gasteiger partial charge in [0.2, 0.25) is 0 Å². The second-order valence-electron chi connectivity index (χ2n) is 5.56. The number of hydrogen-bond acceptors (Lipinski definition) is 2. The van der Waals surface area contributed by atoms with Gasteiger partial charge in [-0.25, -0.2) is 9.18 Å². The molecule has 0 bridgehead atoms. The average molecular weight is 315 g/mol. The van der Waals surface area contributed by atoms with E-state index in [4.69, 9.17) is 11.6 Å². The maximum absolute atomic E-state index is 13.0. The van der Waals surface area contributed by atoms with Crippen LogP contribution in [0.3, 0.4) is 0 Å². The molecule has 0 atom stereocenters. The molecule has 0 radical (unpaired) electrons. The lowest BCUT2D eigenvalue weighted by Gasteiger charge is -2.32. The lowest BCUT2D eigenvalue weighted by molar-refractivity contribution is 0.149. The van der Waals surface area contributed by atoms with Crippen molar-refractivity contribution in [1.82, 2.24) is 5.32 Å². The van der Waals surface area contributed by atoms with Crippen LogP contribution in [0.15, 0.2) is 18.2 Å². The molecule has 1 fully saturated rings. The van der Waals surface area contributed by atoms with Crippen molar-refractivity contribution < 1.29 is 14.3 Å². The molecule has 4 nitrogen and oxygen atoms in total. The van der Waals surface area contributed by atoms with E-state index >= 15 is 0 Å². The van der Waals surface area contributed by atoms with Gasteiger partial charge < -0.3 is 15.7 Å². The van der Waals surface area contributed by atoms with Gasteiger partial charge in [0.25, 0.3) is 0 Å². The minimum absolute atomic E-state index is 0.0857. The van der Waals surface area contributed by atoms with Gasteiger partial charge in [0.1, 0.15) is 5.82 Å². The monoisotopic (exact) mass is 314 g/mol. The van der Waals surface area contributed by atoms with Crippen molar-refractivity contribution in [2.45, 2.75) is 44.1 Å². The van der Waals surface area contributed by atoms with Gasteiger partial charge in [0.05, 0.1) is 22.9 Å². The molecule has 21 heavy (non-hydrogen) atoms. The van der Waals surface area contributed by atoms with Crippen molar-refractivity contribution in [3.05, 3.63) is 29.0 Å². The molecule has 1 aliphatic carbocycles. The van der Waals surface area contributed by atoms with Crippen molar-refractivity contribution >= 4 is 23.3 Å². The van der Waals surface area contributed by atoms with E-state index < -0.39 is 17.4 Å². The summed E-state index contributed by atoms with van der Waals surface area (Å²) in [7, 11) is 0. The first kappa shape index (κ1) is 16.0. The highest BCUT2D eigenvalue weighted by atomic mass is 35.5. The van der Waals surface area contributed by atoms with Gasteiger partial charge in [0.15, 0.2) is 0 Å². The number of anilines is 1. The van der Waals surface area contributed by atoms with Crippen LogP contribution in [0, 0.1) is 5.82 Å². The molecule has 0 spiro atoms. The molecule has 0 unspecified atom stereocenters. The number of amides is 2. The predicted octanol–water partition coefficient (Wildman–Crippen LogP) is 3.69. The Bertz CT molecular complexity index is 502. The number of halogens is 2. The molecule has 3 N–H and O–H groups in total. The fraction of sp³-hybridized carbons (Fsp3) is 0.533. The molecule has 1 aromatic carbocycles. The minimum Gasteiger partial charge on any atom is -0.394 e. The summed E-state index contributed by atoms with van der Waals surface area (Å²) in [6.45, 7) is -0.0857. The number of hydrogen-bond donors (Lipinski definition) is 3.